The van der Waals surface area contributed by atoms with Gasteiger partial charge in [-0.15, -0.1) is 11.6 Å². The van der Waals surface area contributed by atoms with E-state index in [1.165, 1.54) is 12.8 Å². The molecule has 0 N–H and O–H groups in total. The smallest absolute Gasteiger partial charge is 0.0443 e. The molecule has 0 spiro atoms. The number of hydrogen-bond donors (Lipinski definition) is 0. The summed E-state index contributed by atoms with van der Waals surface area (Å²) < 4.78 is 0. The molecule has 0 aromatic rings. The van der Waals surface area contributed by atoms with Crippen LogP contribution >= 0.6 is 11.6 Å². The second kappa shape index (κ2) is 3.40. The van der Waals surface area contributed by atoms with Gasteiger partial charge in [0, 0.05) is 18.5 Å². The van der Waals surface area contributed by atoms with Crippen LogP contribution in [0.4, 0.5) is 0 Å². The first-order chi connectivity index (χ1) is 4.74. The van der Waals surface area contributed by atoms with E-state index in [-0.39, 0.29) is 0 Å². The van der Waals surface area contributed by atoms with Crippen LogP contribution in [-0.4, -0.2) is 30.4 Å². The van der Waals surface area contributed by atoms with Crippen LogP contribution in [0.3, 0.4) is 0 Å². The van der Waals surface area contributed by atoms with Gasteiger partial charge in [0.05, 0.1) is 0 Å². The molecule has 1 saturated carbocycles. The van der Waals surface area contributed by atoms with E-state index in [1.54, 1.807) is 0 Å². The Morgan fingerprint density at radius 2 is 2.30 bits per heavy atom. The fourth-order valence-electron chi connectivity index (χ4n) is 1.04. The first kappa shape index (κ1) is 8.09. The molecule has 10 heavy (non-hydrogen) atoms. The summed E-state index contributed by atoms with van der Waals surface area (Å²) in [5.74, 6) is 0.594. The van der Waals surface area contributed by atoms with Gasteiger partial charge < -0.3 is 0 Å². The lowest BCUT2D eigenvalue weighted by Crippen LogP contribution is -2.23. The monoisotopic (exact) mass is 159 g/mol. The lowest BCUT2D eigenvalue weighted by atomic mass is 10.3. The Morgan fingerprint density at radius 1 is 1.70 bits per heavy atom. The van der Waals surface area contributed by atoms with Gasteiger partial charge in [0.25, 0.3) is 0 Å². The molecule has 0 radical (unpaired) electrons. The number of rotatable bonds is 4. The third-order valence-electron chi connectivity index (χ3n) is 1.83. The maximum absolute atomic E-state index is 5.59. The van der Waals surface area contributed by atoms with Gasteiger partial charge in [-0.1, -0.05) is 6.58 Å². The summed E-state index contributed by atoms with van der Waals surface area (Å²) in [5.41, 5.74) is 1.12. The van der Waals surface area contributed by atoms with Crippen molar-refractivity contribution < 1.29 is 0 Å². The number of alkyl halides is 1. The molecule has 1 fully saturated rings. The van der Waals surface area contributed by atoms with Crippen LogP contribution in [0.1, 0.15) is 12.8 Å². The molecule has 1 nitrogen and oxygen atoms in total. The zero-order valence-corrected chi connectivity index (χ0v) is 7.19. The maximum atomic E-state index is 5.59. The second-order valence-electron chi connectivity index (χ2n) is 3.03. The molecule has 1 aliphatic rings. The normalized spacial score (nSPS) is 17.9. The minimum atomic E-state index is 0.594. The first-order valence-electron chi connectivity index (χ1n) is 3.67. The van der Waals surface area contributed by atoms with E-state index in [1.807, 2.05) is 0 Å². The fraction of sp³-hybridized carbons (Fsp3) is 0.750. The van der Waals surface area contributed by atoms with Crippen LogP contribution in [0.25, 0.3) is 0 Å². The van der Waals surface area contributed by atoms with Crippen molar-refractivity contribution >= 4 is 11.6 Å². The highest BCUT2D eigenvalue weighted by molar-refractivity contribution is 6.19. The highest BCUT2D eigenvalue weighted by Gasteiger charge is 2.25. The maximum Gasteiger partial charge on any atom is 0.0443 e. The van der Waals surface area contributed by atoms with E-state index >= 15 is 0 Å². The lowest BCUT2D eigenvalue weighted by molar-refractivity contribution is 0.353. The fourth-order valence-corrected chi connectivity index (χ4v) is 1.12. The van der Waals surface area contributed by atoms with Gasteiger partial charge in [0.1, 0.15) is 0 Å². The highest BCUT2D eigenvalue weighted by atomic mass is 35.5. The van der Waals surface area contributed by atoms with Crippen molar-refractivity contribution in [2.45, 2.75) is 18.9 Å². The van der Waals surface area contributed by atoms with Gasteiger partial charge in [0.15, 0.2) is 0 Å². The Bertz CT molecular complexity index is 129. The van der Waals surface area contributed by atoms with Crippen LogP contribution < -0.4 is 0 Å². The summed E-state index contributed by atoms with van der Waals surface area (Å²) in [5, 5.41) is 0. The highest BCUT2D eigenvalue weighted by Crippen LogP contribution is 2.25. The summed E-state index contributed by atoms with van der Waals surface area (Å²) in [6.45, 7) is 4.82. The van der Waals surface area contributed by atoms with Crippen molar-refractivity contribution in [3.8, 4) is 0 Å². The van der Waals surface area contributed by atoms with E-state index in [0.29, 0.717) is 5.88 Å². The molecular weight excluding hydrogens is 146 g/mol. The zero-order valence-electron chi connectivity index (χ0n) is 6.44. The Labute approximate surface area is 67.7 Å². The number of nitrogens with zero attached hydrogens (tertiary/aromatic N) is 1. The summed E-state index contributed by atoms with van der Waals surface area (Å²) in [6.07, 6.45) is 2.71. The first-order valence-corrected chi connectivity index (χ1v) is 4.20. The molecule has 0 amide bonds. The van der Waals surface area contributed by atoms with Gasteiger partial charge in [-0.05, 0) is 25.5 Å². The van der Waals surface area contributed by atoms with Gasteiger partial charge in [0.2, 0.25) is 0 Å². The van der Waals surface area contributed by atoms with Crippen LogP contribution in [0.2, 0.25) is 0 Å². The van der Waals surface area contributed by atoms with Crippen molar-refractivity contribution in [2.75, 3.05) is 19.5 Å². The van der Waals surface area contributed by atoms with E-state index in [4.69, 9.17) is 11.6 Å². The predicted octanol–water partition coefficient (Wildman–Crippen LogP) is 1.88. The van der Waals surface area contributed by atoms with Gasteiger partial charge in [-0.2, -0.15) is 0 Å². The number of likely N-dealkylation sites (N-methyl/N-ethyl adjacent to an activating group) is 1. The molecule has 0 aromatic carbocycles. The molecule has 0 saturated heterocycles. The zero-order chi connectivity index (χ0) is 7.56. The molecular formula is C8H14ClN. The van der Waals surface area contributed by atoms with E-state index in [0.717, 1.165) is 18.2 Å². The van der Waals surface area contributed by atoms with Gasteiger partial charge in [-0.3, -0.25) is 4.90 Å². The third kappa shape index (κ3) is 2.31. The van der Waals surface area contributed by atoms with Gasteiger partial charge >= 0.3 is 0 Å². The quantitative estimate of drug-likeness (QED) is 0.447. The minimum absolute atomic E-state index is 0.594. The van der Waals surface area contributed by atoms with Crippen LogP contribution in [0.5, 0.6) is 0 Å². The lowest BCUT2D eigenvalue weighted by Gasteiger charge is -2.15. The minimum Gasteiger partial charge on any atom is -0.299 e. The van der Waals surface area contributed by atoms with Crippen molar-refractivity contribution in [2.24, 2.45) is 0 Å². The Hall–Kier alpha value is -0.0100. The molecule has 2 heteroatoms. The summed E-state index contributed by atoms with van der Waals surface area (Å²) in [6, 6.07) is 0.819. The topological polar surface area (TPSA) is 3.24 Å². The van der Waals surface area contributed by atoms with Crippen molar-refractivity contribution in [3.63, 3.8) is 0 Å². The van der Waals surface area contributed by atoms with Crippen LogP contribution in [0.15, 0.2) is 12.2 Å². The molecule has 0 atom stereocenters. The van der Waals surface area contributed by atoms with Crippen LogP contribution in [0, 0.1) is 0 Å². The Balaban J connectivity index is 2.16. The second-order valence-corrected chi connectivity index (χ2v) is 3.30. The number of halogens is 1. The average Bonchev–Trinajstić information content (AvgIpc) is 2.68. The molecule has 0 heterocycles. The largest absolute Gasteiger partial charge is 0.299 e. The average molecular weight is 160 g/mol. The van der Waals surface area contributed by atoms with E-state index in [2.05, 4.69) is 18.5 Å². The van der Waals surface area contributed by atoms with Crippen molar-refractivity contribution in [1.29, 1.82) is 0 Å². The summed E-state index contributed by atoms with van der Waals surface area (Å²) in [4.78, 5) is 2.32. The molecule has 1 rings (SSSR count). The molecule has 0 aliphatic heterocycles. The molecule has 0 bridgehead atoms. The summed E-state index contributed by atoms with van der Waals surface area (Å²) in [7, 11) is 2.13. The predicted molar refractivity (Wildman–Crippen MR) is 45.5 cm³/mol. The molecule has 0 unspecified atom stereocenters. The SMILES string of the molecule is C=C(CCl)CN(C)C1CC1. The molecule has 0 aromatic heterocycles. The van der Waals surface area contributed by atoms with E-state index < -0.39 is 0 Å². The molecule has 1 aliphatic carbocycles. The number of hydrogen-bond acceptors (Lipinski definition) is 1. The third-order valence-corrected chi connectivity index (χ3v) is 2.21. The van der Waals surface area contributed by atoms with Crippen molar-refractivity contribution in [3.05, 3.63) is 12.2 Å². The van der Waals surface area contributed by atoms with E-state index in [9.17, 15) is 0 Å². The van der Waals surface area contributed by atoms with Crippen molar-refractivity contribution in [1.82, 2.24) is 4.90 Å². The molecule has 58 valence electrons. The van der Waals surface area contributed by atoms with Gasteiger partial charge in [-0.25, -0.2) is 0 Å². The summed E-state index contributed by atoms with van der Waals surface area (Å²) >= 11 is 5.59. The Morgan fingerprint density at radius 3 is 2.70 bits per heavy atom. The van der Waals surface area contributed by atoms with Crippen LogP contribution in [-0.2, 0) is 0 Å². The standard InChI is InChI=1S/C8H14ClN/c1-7(5-9)6-10(2)8-3-4-8/h8H,1,3-6H2,2H3. The Kier molecular flexibility index (Phi) is 2.75.